The zero-order valence-corrected chi connectivity index (χ0v) is 15.1. The third-order valence-electron chi connectivity index (χ3n) is 3.93. The normalized spacial score (nSPS) is 11.2. The molecule has 0 unspecified atom stereocenters. The van der Waals surface area contributed by atoms with Gasteiger partial charge in [-0.2, -0.15) is 5.10 Å². The second-order valence-electron chi connectivity index (χ2n) is 6.58. The number of fused-ring (bicyclic) bond motifs is 1. The number of carbonyl (C=O) groups excluding carboxylic acids is 1. The van der Waals surface area contributed by atoms with Crippen molar-refractivity contribution < 1.29 is 4.79 Å². The van der Waals surface area contributed by atoms with Crippen molar-refractivity contribution in [1.29, 1.82) is 0 Å². The number of nitrogens with zero attached hydrogens (tertiary/aromatic N) is 4. The van der Waals surface area contributed by atoms with Crippen molar-refractivity contribution in [2.75, 3.05) is 14.1 Å². The molecular formula is C19H23N5O. The van der Waals surface area contributed by atoms with Crippen molar-refractivity contribution in [3.8, 4) is 0 Å². The molecule has 6 nitrogen and oxygen atoms in total. The summed E-state index contributed by atoms with van der Waals surface area (Å²) >= 11 is 0. The average Bonchev–Trinajstić information content (AvgIpc) is 2.93. The van der Waals surface area contributed by atoms with Crippen LogP contribution in [0.5, 0.6) is 0 Å². The lowest BCUT2D eigenvalue weighted by molar-refractivity contribution is 0.0950. The van der Waals surface area contributed by atoms with E-state index in [1.54, 1.807) is 10.7 Å². The third-order valence-corrected chi connectivity index (χ3v) is 3.93. The lowest BCUT2D eigenvalue weighted by Gasteiger charge is -2.11. The van der Waals surface area contributed by atoms with Crippen LogP contribution in [-0.4, -0.2) is 39.5 Å². The van der Waals surface area contributed by atoms with Gasteiger partial charge >= 0.3 is 0 Å². The number of aromatic nitrogens is 3. The van der Waals surface area contributed by atoms with Gasteiger partial charge in [0.2, 0.25) is 0 Å². The Balaban J connectivity index is 1.72. The molecule has 0 atom stereocenters. The number of rotatable bonds is 5. The number of hydrogen-bond donors (Lipinski definition) is 1. The van der Waals surface area contributed by atoms with Crippen LogP contribution in [0, 0.1) is 13.8 Å². The summed E-state index contributed by atoms with van der Waals surface area (Å²) in [6.45, 7) is 5.15. The Bertz CT molecular complexity index is 913. The highest BCUT2D eigenvalue weighted by molar-refractivity contribution is 5.94. The second kappa shape index (κ2) is 7.03. The summed E-state index contributed by atoms with van der Waals surface area (Å²) in [5, 5.41) is 7.28. The molecule has 25 heavy (non-hydrogen) atoms. The summed E-state index contributed by atoms with van der Waals surface area (Å²) in [6.07, 6.45) is 1.72. The van der Waals surface area contributed by atoms with E-state index >= 15 is 0 Å². The van der Waals surface area contributed by atoms with E-state index in [1.165, 1.54) is 5.56 Å². The maximum Gasteiger partial charge on any atom is 0.253 e. The van der Waals surface area contributed by atoms with Crippen LogP contribution in [0.4, 0.5) is 0 Å². The minimum absolute atomic E-state index is 0.115. The molecule has 0 aliphatic rings. The van der Waals surface area contributed by atoms with E-state index in [0.717, 1.165) is 23.3 Å². The molecular weight excluding hydrogens is 314 g/mol. The van der Waals surface area contributed by atoms with Gasteiger partial charge in [0.25, 0.3) is 5.91 Å². The first kappa shape index (κ1) is 17.1. The molecule has 0 saturated heterocycles. The monoisotopic (exact) mass is 337 g/mol. The van der Waals surface area contributed by atoms with Crippen LogP contribution in [0.1, 0.15) is 32.9 Å². The van der Waals surface area contributed by atoms with E-state index in [9.17, 15) is 4.79 Å². The zero-order chi connectivity index (χ0) is 18.0. The Morgan fingerprint density at radius 2 is 1.96 bits per heavy atom. The minimum atomic E-state index is -0.115. The standard InChI is InChI=1S/C19H23N5O/c1-13-8-17(12-24-18(13)21-14(2)22-24)19(25)20-10-15-6-5-7-16(9-15)11-23(3)4/h5-9,12H,10-11H2,1-4H3,(H,20,25). The quantitative estimate of drug-likeness (QED) is 0.776. The summed E-state index contributed by atoms with van der Waals surface area (Å²) in [4.78, 5) is 19.0. The van der Waals surface area contributed by atoms with Crippen LogP contribution in [0.2, 0.25) is 0 Å². The number of carbonyl (C=O) groups is 1. The highest BCUT2D eigenvalue weighted by atomic mass is 16.1. The van der Waals surface area contributed by atoms with Gasteiger partial charge in [0.15, 0.2) is 5.65 Å². The average molecular weight is 337 g/mol. The fourth-order valence-electron chi connectivity index (χ4n) is 2.87. The van der Waals surface area contributed by atoms with Gasteiger partial charge in [-0.1, -0.05) is 24.3 Å². The third kappa shape index (κ3) is 4.03. The predicted molar refractivity (Wildman–Crippen MR) is 97.5 cm³/mol. The van der Waals surface area contributed by atoms with E-state index < -0.39 is 0 Å². The highest BCUT2D eigenvalue weighted by Crippen LogP contribution is 2.12. The van der Waals surface area contributed by atoms with Crippen LogP contribution >= 0.6 is 0 Å². The lowest BCUT2D eigenvalue weighted by atomic mass is 10.1. The molecule has 1 amide bonds. The molecule has 0 spiro atoms. The van der Waals surface area contributed by atoms with E-state index in [0.29, 0.717) is 17.9 Å². The largest absolute Gasteiger partial charge is 0.348 e. The van der Waals surface area contributed by atoms with E-state index in [-0.39, 0.29) is 5.91 Å². The molecule has 1 aromatic carbocycles. The number of pyridine rings is 1. The summed E-state index contributed by atoms with van der Waals surface area (Å²) in [6, 6.07) is 10.1. The Kier molecular flexibility index (Phi) is 4.81. The second-order valence-corrected chi connectivity index (χ2v) is 6.58. The number of amides is 1. The van der Waals surface area contributed by atoms with Gasteiger partial charge in [0.1, 0.15) is 5.82 Å². The number of aryl methyl sites for hydroxylation is 2. The van der Waals surface area contributed by atoms with Gasteiger partial charge in [0.05, 0.1) is 5.56 Å². The zero-order valence-electron chi connectivity index (χ0n) is 15.1. The van der Waals surface area contributed by atoms with Crippen molar-refractivity contribution in [2.45, 2.75) is 26.9 Å². The van der Waals surface area contributed by atoms with Crippen LogP contribution in [0.15, 0.2) is 36.5 Å². The van der Waals surface area contributed by atoms with Crippen molar-refractivity contribution >= 4 is 11.6 Å². The van der Waals surface area contributed by atoms with E-state index in [1.807, 2.05) is 46.1 Å². The van der Waals surface area contributed by atoms with Gasteiger partial charge in [-0.15, -0.1) is 0 Å². The highest BCUT2D eigenvalue weighted by Gasteiger charge is 2.11. The molecule has 0 radical (unpaired) electrons. The molecule has 0 saturated carbocycles. The molecule has 0 bridgehead atoms. The van der Waals surface area contributed by atoms with Crippen LogP contribution in [0.25, 0.3) is 5.65 Å². The van der Waals surface area contributed by atoms with Crippen LogP contribution < -0.4 is 5.32 Å². The fourth-order valence-corrected chi connectivity index (χ4v) is 2.87. The van der Waals surface area contributed by atoms with Crippen molar-refractivity contribution in [1.82, 2.24) is 24.8 Å². The molecule has 130 valence electrons. The van der Waals surface area contributed by atoms with Gasteiger partial charge in [0, 0.05) is 19.3 Å². The Morgan fingerprint density at radius 3 is 2.72 bits per heavy atom. The Morgan fingerprint density at radius 1 is 1.20 bits per heavy atom. The smallest absolute Gasteiger partial charge is 0.253 e. The first-order valence-electron chi connectivity index (χ1n) is 8.27. The van der Waals surface area contributed by atoms with Gasteiger partial charge in [-0.25, -0.2) is 9.50 Å². The topological polar surface area (TPSA) is 62.5 Å². The number of hydrogen-bond acceptors (Lipinski definition) is 4. The van der Waals surface area contributed by atoms with Crippen molar-refractivity contribution in [3.05, 3.63) is 64.6 Å². The summed E-state index contributed by atoms with van der Waals surface area (Å²) < 4.78 is 1.66. The Labute approximate surface area is 147 Å². The SMILES string of the molecule is Cc1nc2c(C)cc(C(=O)NCc3cccc(CN(C)C)c3)cn2n1. The maximum atomic E-state index is 12.5. The molecule has 0 fully saturated rings. The maximum absolute atomic E-state index is 12.5. The van der Waals surface area contributed by atoms with E-state index in [2.05, 4.69) is 32.4 Å². The summed E-state index contributed by atoms with van der Waals surface area (Å²) in [7, 11) is 4.08. The molecule has 2 heterocycles. The predicted octanol–water partition coefficient (Wildman–Crippen LogP) is 2.34. The lowest BCUT2D eigenvalue weighted by Crippen LogP contribution is -2.23. The fraction of sp³-hybridized carbons (Fsp3) is 0.316. The first-order valence-corrected chi connectivity index (χ1v) is 8.27. The van der Waals surface area contributed by atoms with Gasteiger partial charge in [-0.05, 0) is 50.7 Å². The summed E-state index contributed by atoms with van der Waals surface area (Å²) in [5.74, 6) is 0.578. The number of nitrogens with one attached hydrogen (secondary N) is 1. The first-order chi connectivity index (χ1) is 11.9. The molecule has 2 aromatic heterocycles. The summed E-state index contributed by atoms with van der Waals surface area (Å²) in [5.41, 5.74) is 4.61. The molecule has 3 aromatic rings. The molecule has 1 N–H and O–H groups in total. The molecule has 0 aliphatic carbocycles. The van der Waals surface area contributed by atoms with Gasteiger partial charge < -0.3 is 10.2 Å². The van der Waals surface area contributed by atoms with Crippen molar-refractivity contribution in [3.63, 3.8) is 0 Å². The van der Waals surface area contributed by atoms with Crippen molar-refractivity contribution in [2.24, 2.45) is 0 Å². The molecule has 3 rings (SSSR count). The Hall–Kier alpha value is -2.73. The van der Waals surface area contributed by atoms with E-state index in [4.69, 9.17) is 0 Å². The molecule has 6 heteroatoms. The van der Waals surface area contributed by atoms with Crippen LogP contribution in [0.3, 0.4) is 0 Å². The van der Waals surface area contributed by atoms with Crippen LogP contribution in [-0.2, 0) is 13.1 Å². The number of benzene rings is 1. The minimum Gasteiger partial charge on any atom is -0.348 e. The molecule has 0 aliphatic heterocycles. The van der Waals surface area contributed by atoms with Gasteiger partial charge in [-0.3, -0.25) is 4.79 Å².